The number of rotatable bonds is 4. The molecule has 3 unspecified atom stereocenters. The Labute approximate surface area is 119 Å². The number of hydrogen-bond donors (Lipinski definition) is 2. The molecule has 0 fully saturated rings. The molecule has 0 radical (unpaired) electrons. The molecule has 0 aliphatic heterocycles. The Balaban J connectivity index is 2.08. The first-order valence-corrected chi connectivity index (χ1v) is 6.97. The summed E-state index contributed by atoms with van der Waals surface area (Å²) in [5.41, 5.74) is 6.69. The van der Waals surface area contributed by atoms with Crippen LogP contribution < -0.4 is 11.1 Å². The van der Waals surface area contributed by atoms with E-state index in [0.717, 1.165) is 5.56 Å². The molecule has 3 N–H and O–H groups in total. The van der Waals surface area contributed by atoms with E-state index < -0.39 is 0 Å². The molecule has 0 saturated heterocycles. The number of amides is 1. The highest BCUT2D eigenvalue weighted by Gasteiger charge is 2.26. The molecule has 1 aromatic carbocycles. The molecular weight excluding hydrogens is 255 g/mol. The van der Waals surface area contributed by atoms with Crippen molar-refractivity contribution in [2.24, 2.45) is 17.6 Å². The van der Waals surface area contributed by atoms with Gasteiger partial charge in [-0.05, 0) is 30.0 Å². The van der Waals surface area contributed by atoms with E-state index in [-0.39, 0.29) is 35.6 Å². The molecule has 0 bridgehead atoms. The van der Waals surface area contributed by atoms with Gasteiger partial charge in [-0.1, -0.05) is 38.1 Å². The molecule has 20 heavy (non-hydrogen) atoms. The summed E-state index contributed by atoms with van der Waals surface area (Å²) in [5.74, 6) is -0.223. The third-order valence-corrected chi connectivity index (χ3v) is 3.65. The fraction of sp³-hybridized carbons (Fsp3) is 0.438. The lowest BCUT2D eigenvalue weighted by atomic mass is 9.95. The quantitative estimate of drug-likeness (QED) is 0.830. The molecule has 3 atom stereocenters. The number of nitrogens with two attached hydrogens (primary N) is 1. The average molecular weight is 276 g/mol. The van der Waals surface area contributed by atoms with Gasteiger partial charge < -0.3 is 11.1 Å². The summed E-state index contributed by atoms with van der Waals surface area (Å²) < 4.78 is 13.0. The molecule has 1 amide bonds. The summed E-state index contributed by atoms with van der Waals surface area (Å²) >= 11 is 0. The highest BCUT2D eigenvalue weighted by Crippen LogP contribution is 2.24. The highest BCUT2D eigenvalue weighted by atomic mass is 19.1. The number of benzene rings is 1. The Bertz CT molecular complexity index is 496. The van der Waals surface area contributed by atoms with Crippen LogP contribution in [0.4, 0.5) is 4.39 Å². The molecule has 4 heteroatoms. The lowest BCUT2D eigenvalue weighted by Crippen LogP contribution is -2.36. The lowest BCUT2D eigenvalue weighted by molar-refractivity contribution is -0.124. The second kappa shape index (κ2) is 6.18. The Kier molecular flexibility index (Phi) is 4.55. The molecule has 1 aliphatic carbocycles. The monoisotopic (exact) mass is 276 g/mol. The number of halogens is 1. The van der Waals surface area contributed by atoms with Crippen molar-refractivity contribution in [3.05, 3.63) is 47.8 Å². The van der Waals surface area contributed by atoms with E-state index in [1.807, 2.05) is 26.0 Å². The van der Waals surface area contributed by atoms with Crippen LogP contribution in [0.2, 0.25) is 0 Å². The maximum Gasteiger partial charge on any atom is 0.227 e. The summed E-state index contributed by atoms with van der Waals surface area (Å²) in [4.78, 5) is 12.3. The van der Waals surface area contributed by atoms with E-state index in [9.17, 15) is 9.18 Å². The van der Waals surface area contributed by atoms with Crippen LogP contribution in [0, 0.1) is 17.7 Å². The molecule has 0 spiro atoms. The molecule has 0 heterocycles. The van der Waals surface area contributed by atoms with Gasteiger partial charge >= 0.3 is 0 Å². The van der Waals surface area contributed by atoms with E-state index >= 15 is 0 Å². The van der Waals surface area contributed by atoms with E-state index in [2.05, 4.69) is 5.32 Å². The van der Waals surface area contributed by atoms with Crippen LogP contribution in [0.25, 0.3) is 0 Å². The van der Waals surface area contributed by atoms with Gasteiger partial charge in [0.2, 0.25) is 5.91 Å². The van der Waals surface area contributed by atoms with Gasteiger partial charge in [0.15, 0.2) is 0 Å². The molecule has 0 saturated carbocycles. The van der Waals surface area contributed by atoms with Gasteiger partial charge in [0.25, 0.3) is 0 Å². The Hall–Kier alpha value is -1.68. The predicted octanol–water partition coefficient (Wildman–Crippen LogP) is 2.54. The molecule has 1 aliphatic rings. The summed E-state index contributed by atoms with van der Waals surface area (Å²) in [5, 5.41) is 3.05. The van der Waals surface area contributed by atoms with Crippen LogP contribution in [0.3, 0.4) is 0 Å². The van der Waals surface area contributed by atoms with Crippen LogP contribution in [0.15, 0.2) is 36.4 Å². The van der Waals surface area contributed by atoms with E-state index in [4.69, 9.17) is 5.73 Å². The van der Waals surface area contributed by atoms with Crippen molar-refractivity contribution in [1.82, 2.24) is 5.32 Å². The number of carbonyl (C=O) groups is 1. The summed E-state index contributed by atoms with van der Waals surface area (Å²) in [6, 6.07) is 6.12. The Morgan fingerprint density at radius 1 is 1.30 bits per heavy atom. The van der Waals surface area contributed by atoms with Crippen molar-refractivity contribution in [3.8, 4) is 0 Å². The maximum absolute atomic E-state index is 13.0. The van der Waals surface area contributed by atoms with Gasteiger partial charge in [-0.15, -0.1) is 0 Å². The minimum atomic E-state index is -0.271. The first-order valence-electron chi connectivity index (χ1n) is 6.97. The zero-order chi connectivity index (χ0) is 14.7. The number of nitrogens with one attached hydrogen (secondary N) is 1. The van der Waals surface area contributed by atoms with Crippen LogP contribution in [0.1, 0.15) is 31.9 Å². The van der Waals surface area contributed by atoms with Crippen LogP contribution in [-0.2, 0) is 4.79 Å². The van der Waals surface area contributed by atoms with Crippen molar-refractivity contribution < 1.29 is 9.18 Å². The lowest BCUT2D eigenvalue weighted by Gasteiger charge is -2.24. The SMILES string of the molecule is CC(C)C(NC(=O)C1C=CC(N)C1)c1ccc(F)cc1. The minimum absolute atomic E-state index is 0.0165. The Morgan fingerprint density at radius 2 is 1.95 bits per heavy atom. The second-order valence-electron chi connectivity index (χ2n) is 5.67. The first-order chi connectivity index (χ1) is 9.47. The van der Waals surface area contributed by atoms with Crippen molar-refractivity contribution in [2.75, 3.05) is 0 Å². The van der Waals surface area contributed by atoms with Gasteiger partial charge in [-0.25, -0.2) is 4.39 Å². The molecule has 108 valence electrons. The van der Waals surface area contributed by atoms with Crippen LogP contribution >= 0.6 is 0 Å². The fourth-order valence-electron chi connectivity index (χ4n) is 2.49. The smallest absolute Gasteiger partial charge is 0.227 e. The molecular formula is C16H21FN2O. The fourth-order valence-corrected chi connectivity index (χ4v) is 2.49. The second-order valence-corrected chi connectivity index (χ2v) is 5.67. The Morgan fingerprint density at radius 3 is 2.45 bits per heavy atom. The van der Waals surface area contributed by atoms with Crippen molar-refractivity contribution in [3.63, 3.8) is 0 Å². The van der Waals surface area contributed by atoms with Crippen molar-refractivity contribution in [2.45, 2.75) is 32.4 Å². The standard InChI is InChI=1S/C16H21FN2O/c1-10(2)15(11-3-6-13(17)7-4-11)19-16(20)12-5-8-14(18)9-12/h3-8,10,12,14-15H,9,18H2,1-2H3,(H,19,20). The van der Waals surface area contributed by atoms with Crippen LogP contribution in [-0.4, -0.2) is 11.9 Å². The topological polar surface area (TPSA) is 55.1 Å². The van der Waals surface area contributed by atoms with Crippen molar-refractivity contribution >= 4 is 5.91 Å². The van der Waals surface area contributed by atoms with E-state index in [0.29, 0.717) is 6.42 Å². The maximum atomic E-state index is 13.0. The largest absolute Gasteiger partial charge is 0.349 e. The summed E-state index contributed by atoms with van der Waals surface area (Å²) in [6.45, 7) is 4.06. The molecule has 2 rings (SSSR count). The van der Waals surface area contributed by atoms with Gasteiger partial charge in [-0.2, -0.15) is 0 Å². The summed E-state index contributed by atoms with van der Waals surface area (Å²) in [7, 11) is 0. The average Bonchev–Trinajstić information content (AvgIpc) is 2.83. The normalized spacial score (nSPS) is 23.1. The van der Waals surface area contributed by atoms with E-state index in [1.54, 1.807) is 12.1 Å². The highest BCUT2D eigenvalue weighted by molar-refractivity contribution is 5.81. The first kappa shape index (κ1) is 14.7. The molecule has 1 aromatic rings. The molecule has 3 nitrogen and oxygen atoms in total. The zero-order valence-electron chi connectivity index (χ0n) is 11.8. The van der Waals surface area contributed by atoms with Gasteiger partial charge in [0.05, 0.1) is 12.0 Å². The predicted molar refractivity (Wildman–Crippen MR) is 77.3 cm³/mol. The zero-order valence-corrected chi connectivity index (χ0v) is 11.8. The van der Waals surface area contributed by atoms with Crippen LogP contribution in [0.5, 0.6) is 0 Å². The molecule has 0 aromatic heterocycles. The van der Waals surface area contributed by atoms with Gasteiger partial charge in [0.1, 0.15) is 5.82 Å². The van der Waals surface area contributed by atoms with Crippen molar-refractivity contribution in [1.29, 1.82) is 0 Å². The minimum Gasteiger partial charge on any atom is -0.349 e. The third kappa shape index (κ3) is 3.45. The summed E-state index contributed by atoms with van der Waals surface area (Å²) in [6.07, 6.45) is 4.38. The number of hydrogen-bond acceptors (Lipinski definition) is 2. The van der Waals surface area contributed by atoms with E-state index in [1.165, 1.54) is 12.1 Å². The van der Waals surface area contributed by atoms with Gasteiger partial charge in [-0.3, -0.25) is 4.79 Å². The third-order valence-electron chi connectivity index (χ3n) is 3.65. The van der Waals surface area contributed by atoms with Gasteiger partial charge in [0, 0.05) is 6.04 Å². The number of carbonyl (C=O) groups excluding carboxylic acids is 1.